The predicted octanol–water partition coefficient (Wildman–Crippen LogP) is 3.72. The molecular formula is C23H27ClN6O3S. The van der Waals surface area contributed by atoms with Crippen molar-refractivity contribution >= 4 is 40.9 Å². The maximum atomic E-state index is 11.8. The fourth-order valence-electron chi connectivity index (χ4n) is 4.51. The lowest BCUT2D eigenvalue weighted by Gasteiger charge is -2.39. The monoisotopic (exact) mass is 502 g/mol. The van der Waals surface area contributed by atoms with Gasteiger partial charge in [-0.1, -0.05) is 23.4 Å². The van der Waals surface area contributed by atoms with E-state index in [0.29, 0.717) is 21.7 Å². The minimum atomic E-state index is -0.483. The number of aryl methyl sites for hydroxylation is 1. The van der Waals surface area contributed by atoms with Crippen molar-refractivity contribution in [3.63, 3.8) is 0 Å². The van der Waals surface area contributed by atoms with Gasteiger partial charge in [0.25, 0.3) is 0 Å². The zero-order chi connectivity index (χ0) is 24.3. The highest BCUT2D eigenvalue weighted by Gasteiger charge is 2.41. The molecule has 11 heteroatoms. The molecule has 9 nitrogen and oxygen atoms in total. The van der Waals surface area contributed by atoms with Crippen LogP contribution in [0.3, 0.4) is 0 Å². The second-order valence-electron chi connectivity index (χ2n) is 8.81. The van der Waals surface area contributed by atoms with Crippen LogP contribution in [0.1, 0.15) is 44.0 Å². The van der Waals surface area contributed by atoms with Gasteiger partial charge in [0.2, 0.25) is 5.91 Å². The first-order valence-corrected chi connectivity index (χ1v) is 12.4. The maximum absolute atomic E-state index is 11.8. The Morgan fingerprint density at radius 2 is 2.21 bits per heavy atom. The van der Waals surface area contributed by atoms with E-state index in [9.17, 15) is 9.90 Å². The number of carbonyl (C=O) groups excluding carboxylic acids is 1. The standard InChI is InChI=1S/C23H27ClN6O3S/c1-14-11-23(13-33-14)5-9-30(10-6-23)21-16(12-31)28-22(15(2)27-21)34-17-4-8-26-20(19(17)24)29-18(32)3-7-25/h4,8,14,31H,3,5-6,9-13H2,1-2H3,(H,26,29,32)/t14-/m0/s1. The van der Waals surface area contributed by atoms with Crippen LogP contribution in [0.25, 0.3) is 0 Å². The molecule has 2 aliphatic rings. The number of piperidine rings is 1. The van der Waals surface area contributed by atoms with Crippen molar-refractivity contribution in [3.05, 3.63) is 28.7 Å². The van der Waals surface area contributed by atoms with Gasteiger partial charge in [-0.3, -0.25) is 4.79 Å². The SMILES string of the molecule is Cc1nc(N2CCC3(CC2)CO[C@@H](C)C3)c(CO)nc1Sc1ccnc(NC(=O)CC#N)c1Cl. The van der Waals surface area contributed by atoms with Gasteiger partial charge in [0.1, 0.15) is 17.1 Å². The van der Waals surface area contributed by atoms with Crippen LogP contribution in [0.4, 0.5) is 11.6 Å². The number of nitrogens with zero attached hydrogens (tertiary/aromatic N) is 5. The Kier molecular flexibility index (Phi) is 7.57. The van der Waals surface area contributed by atoms with Crippen LogP contribution < -0.4 is 10.2 Å². The summed E-state index contributed by atoms with van der Waals surface area (Å²) in [6, 6.07) is 3.51. The number of carbonyl (C=O) groups is 1. The van der Waals surface area contributed by atoms with Gasteiger partial charge in [-0.25, -0.2) is 15.0 Å². The Bertz CT molecular complexity index is 1120. The number of nitrogens with one attached hydrogen (secondary N) is 1. The zero-order valence-corrected chi connectivity index (χ0v) is 20.7. The molecule has 0 aromatic carbocycles. The molecule has 2 aliphatic heterocycles. The molecule has 2 fully saturated rings. The third kappa shape index (κ3) is 5.28. The number of aliphatic hydroxyl groups is 1. The van der Waals surface area contributed by atoms with Crippen molar-refractivity contribution in [2.75, 3.05) is 29.9 Å². The molecule has 2 aromatic heterocycles. The Labute approximate surface area is 207 Å². The minimum Gasteiger partial charge on any atom is -0.390 e. The van der Waals surface area contributed by atoms with E-state index < -0.39 is 5.91 Å². The van der Waals surface area contributed by atoms with Crippen LogP contribution in [0.2, 0.25) is 5.02 Å². The number of aliphatic hydroxyl groups excluding tert-OH is 1. The van der Waals surface area contributed by atoms with Crippen molar-refractivity contribution in [2.45, 2.75) is 62.2 Å². The summed E-state index contributed by atoms with van der Waals surface area (Å²) in [5.41, 5.74) is 1.50. The lowest BCUT2D eigenvalue weighted by molar-refractivity contribution is -0.115. The van der Waals surface area contributed by atoms with E-state index in [1.807, 2.05) is 6.92 Å². The molecule has 1 amide bonds. The van der Waals surface area contributed by atoms with Crippen molar-refractivity contribution < 1.29 is 14.6 Å². The fraction of sp³-hybridized carbons (Fsp3) is 0.522. The highest BCUT2D eigenvalue weighted by molar-refractivity contribution is 7.99. The molecule has 0 saturated carbocycles. The molecule has 1 spiro atoms. The first kappa shape index (κ1) is 24.7. The molecule has 0 radical (unpaired) electrons. The summed E-state index contributed by atoms with van der Waals surface area (Å²) < 4.78 is 5.83. The predicted molar refractivity (Wildman–Crippen MR) is 129 cm³/mol. The molecule has 4 heterocycles. The molecule has 0 unspecified atom stereocenters. The molecule has 2 aromatic rings. The van der Waals surface area contributed by atoms with Crippen LogP contribution in [-0.2, 0) is 16.1 Å². The largest absolute Gasteiger partial charge is 0.390 e. The van der Waals surface area contributed by atoms with Gasteiger partial charge in [0.15, 0.2) is 11.6 Å². The highest BCUT2D eigenvalue weighted by atomic mass is 35.5. The summed E-state index contributed by atoms with van der Waals surface area (Å²) in [7, 11) is 0. The van der Waals surface area contributed by atoms with Crippen molar-refractivity contribution in [2.24, 2.45) is 5.41 Å². The van der Waals surface area contributed by atoms with Crippen LogP contribution in [0.5, 0.6) is 0 Å². The number of ether oxygens (including phenoxy) is 1. The van der Waals surface area contributed by atoms with Gasteiger partial charge in [-0.05, 0) is 44.6 Å². The number of aromatic nitrogens is 3. The second-order valence-corrected chi connectivity index (χ2v) is 10.2. The van der Waals surface area contributed by atoms with Gasteiger partial charge in [0, 0.05) is 24.2 Å². The van der Waals surface area contributed by atoms with Crippen molar-refractivity contribution in [1.29, 1.82) is 5.26 Å². The van der Waals surface area contributed by atoms with Crippen molar-refractivity contribution in [3.8, 4) is 6.07 Å². The molecule has 0 aliphatic carbocycles. The minimum absolute atomic E-state index is 0.184. The zero-order valence-electron chi connectivity index (χ0n) is 19.2. The Hall–Kier alpha value is -2.45. The average Bonchev–Trinajstić information content (AvgIpc) is 3.18. The first-order valence-electron chi connectivity index (χ1n) is 11.2. The molecule has 0 bridgehead atoms. The number of halogens is 1. The number of rotatable bonds is 6. The summed E-state index contributed by atoms with van der Waals surface area (Å²) >= 11 is 7.74. The molecule has 1 atom stereocenters. The van der Waals surface area contributed by atoms with Gasteiger partial charge in [0.05, 0.1) is 36.1 Å². The highest BCUT2D eigenvalue weighted by Crippen LogP contribution is 2.43. The number of hydrogen-bond acceptors (Lipinski definition) is 9. The lowest BCUT2D eigenvalue weighted by Crippen LogP contribution is -2.41. The average molecular weight is 503 g/mol. The molecule has 180 valence electrons. The van der Waals surface area contributed by atoms with Crippen LogP contribution in [0, 0.1) is 23.7 Å². The number of nitriles is 1. The molecule has 34 heavy (non-hydrogen) atoms. The first-order chi connectivity index (χ1) is 16.3. The Morgan fingerprint density at radius 1 is 1.44 bits per heavy atom. The Morgan fingerprint density at radius 3 is 2.85 bits per heavy atom. The third-order valence-electron chi connectivity index (χ3n) is 6.30. The van der Waals surface area contributed by atoms with Gasteiger partial charge in [-0.15, -0.1) is 0 Å². The Balaban J connectivity index is 1.52. The molecule has 2 N–H and O–H groups in total. The summed E-state index contributed by atoms with van der Waals surface area (Å²) in [6.07, 6.45) is 4.72. The van der Waals surface area contributed by atoms with E-state index in [0.717, 1.165) is 50.5 Å². The van der Waals surface area contributed by atoms with Gasteiger partial charge in [-0.2, -0.15) is 5.26 Å². The van der Waals surface area contributed by atoms with Gasteiger partial charge >= 0.3 is 0 Å². The number of anilines is 2. The van der Waals surface area contributed by atoms with E-state index in [1.54, 1.807) is 12.1 Å². The smallest absolute Gasteiger partial charge is 0.239 e. The summed E-state index contributed by atoms with van der Waals surface area (Å²) in [5, 5.41) is 22.1. The van der Waals surface area contributed by atoms with E-state index >= 15 is 0 Å². The van der Waals surface area contributed by atoms with E-state index in [-0.39, 0.29) is 29.3 Å². The van der Waals surface area contributed by atoms with Crippen LogP contribution in [0.15, 0.2) is 22.2 Å². The van der Waals surface area contributed by atoms with Crippen LogP contribution in [-0.4, -0.2) is 51.8 Å². The van der Waals surface area contributed by atoms with E-state index in [4.69, 9.17) is 31.6 Å². The summed E-state index contributed by atoms with van der Waals surface area (Å²) in [6.45, 7) is 6.31. The normalized spacial score (nSPS) is 19.3. The molecule has 2 saturated heterocycles. The van der Waals surface area contributed by atoms with Crippen molar-refractivity contribution in [1.82, 2.24) is 15.0 Å². The van der Waals surface area contributed by atoms with E-state index in [2.05, 4.69) is 22.1 Å². The quantitative estimate of drug-likeness (QED) is 0.607. The lowest BCUT2D eigenvalue weighted by atomic mass is 9.77. The number of amides is 1. The maximum Gasteiger partial charge on any atom is 0.239 e. The molecule has 4 rings (SSSR count). The summed E-state index contributed by atoms with van der Waals surface area (Å²) in [5.74, 6) is 0.421. The van der Waals surface area contributed by atoms with Gasteiger partial charge < -0.3 is 20.1 Å². The molecular weight excluding hydrogens is 476 g/mol. The fourth-order valence-corrected chi connectivity index (χ4v) is 5.66. The van der Waals surface area contributed by atoms with E-state index in [1.165, 1.54) is 18.0 Å². The van der Waals surface area contributed by atoms with Crippen LogP contribution >= 0.6 is 23.4 Å². The number of hydrogen-bond donors (Lipinski definition) is 2. The number of pyridine rings is 1. The topological polar surface area (TPSA) is 124 Å². The summed E-state index contributed by atoms with van der Waals surface area (Å²) in [4.78, 5) is 28.2. The third-order valence-corrected chi connectivity index (χ3v) is 7.94. The second kappa shape index (κ2) is 10.4.